The van der Waals surface area contributed by atoms with Gasteiger partial charge in [-0.2, -0.15) is 18.4 Å². The lowest BCUT2D eigenvalue weighted by atomic mass is 9.89. The highest BCUT2D eigenvalue weighted by Gasteiger charge is 2.30. The third-order valence-electron chi connectivity index (χ3n) is 5.85. The number of halogens is 3. The summed E-state index contributed by atoms with van der Waals surface area (Å²) in [6.45, 7) is 4.48. The number of thiophene rings is 1. The fourth-order valence-electron chi connectivity index (χ4n) is 4.01. The maximum atomic E-state index is 12.9. The van der Waals surface area contributed by atoms with Gasteiger partial charge in [0.2, 0.25) is 5.91 Å². The fourth-order valence-corrected chi connectivity index (χ4v) is 6.21. The Bertz CT molecular complexity index is 1300. The molecule has 0 saturated heterocycles. The van der Waals surface area contributed by atoms with E-state index in [1.165, 1.54) is 40.1 Å². The Kier molecular flexibility index (Phi) is 7.90. The first kappa shape index (κ1) is 26.0. The second-order valence-corrected chi connectivity index (χ2v) is 10.5. The van der Waals surface area contributed by atoms with Crippen molar-refractivity contribution in [3.05, 3.63) is 51.7 Å². The lowest BCUT2D eigenvalue weighted by molar-refractivity contribution is -0.137. The Balaban J connectivity index is 1.37. The van der Waals surface area contributed by atoms with E-state index >= 15 is 0 Å². The first-order chi connectivity index (χ1) is 17.2. The van der Waals surface area contributed by atoms with E-state index in [0.717, 1.165) is 37.0 Å². The topological polar surface area (TPSA) is 92.8 Å². The molecule has 2 aromatic heterocycles. The Morgan fingerprint density at radius 1 is 1.39 bits per heavy atom. The standard InChI is InChI=1S/C24H24F3N5O2S2/c1-3-32-20(12-34-16-6-4-5-15(10-16)24(25,26)27)30-31-23(32)35-13-21(33)29-22-18(11-28)17-8-7-14(2)9-19(17)36-22/h4-6,10,14H,3,7-9,12-13H2,1-2H3,(H,29,33). The zero-order valence-electron chi connectivity index (χ0n) is 19.7. The number of ether oxygens (including phenoxy) is 1. The Labute approximate surface area is 214 Å². The average molecular weight is 536 g/mol. The van der Waals surface area contributed by atoms with Gasteiger partial charge in [0.05, 0.1) is 16.9 Å². The molecule has 12 heteroatoms. The van der Waals surface area contributed by atoms with Crippen LogP contribution in [0.4, 0.5) is 18.2 Å². The van der Waals surface area contributed by atoms with Crippen molar-refractivity contribution >= 4 is 34.0 Å². The minimum absolute atomic E-state index is 0.0659. The minimum Gasteiger partial charge on any atom is -0.486 e. The van der Waals surface area contributed by atoms with E-state index in [2.05, 4.69) is 28.5 Å². The summed E-state index contributed by atoms with van der Waals surface area (Å²) in [4.78, 5) is 13.8. The lowest BCUT2D eigenvalue weighted by Crippen LogP contribution is -2.15. The molecule has 0 saturated carbocycles. The third kappa shape index (κ3) is 5.84. The summed E-state index contributed by atoms with van der Waals surface area (Å²) in [5.41, 5.74) is 0.825. The van der Waals surface area contributed by atoms with Gasteiger partial charge in [0.1, 0.15) is 23.4 Å². The van der Waals surface area contributed by atoms with Gasteiger partial charge in [0.15, 0.2) is 11.0 Å². The van der Waals surface area contributed by atoms with Crippen molar-refractivity contribution in [2.24, 2.45) is 5.92 Å². The number of carbonyl (C=O) groups is 1. The fraction of sp³-hybridized carbons (Fsp3) is 0.417. The van der Waals surface area contributed by atoms with E-state index in [1.54, 1.807) is 4.57 Å². The van der Waals surface area contributed by atoms with Gasteiger partial charge >= 0.3 is 6.18 Å². The molecule has 4 rings (SSSR count). The number of thioether (sulfide) groups is 1. The zero-order valence-corrected chi connectivity index (χ0v) is 21.3. The third-order valence-corrected chi connectivity index (χ3v) is 7.98. The molecule has 0 spiro atoms. The number of carbonyl (C=O) groups excluding carboxylic acids is 1. The number of nitrogens with one attached hydrogen (secondary N) is 1. The van der Waals surface area contributed by atoms with Crippen LogP contribution in [0.2, 0.25) is 0 Å². The number of benzene rings is 1. The van der Waals surface area contributed by atoms with Crippen LogP contribution in [-0.4, -0.2) is 26.4 Å². The molecule has 1 aromatic carbocycles. The van der Waals surface area contributed by atoms with Gasteiger partial charge in [-0.25, -0.2) is 0 Å². The summed E-state index contributed by atoms with van der Waals surface area (Å²) in [5, 5.41) is 21.8. The zero-order chi connectivity index (χ0) is 25.9. The van der Waals surface area contributed by atoms with E-state index in [-0.39, 0.29) is 24.0 Å². The van der Waals surface area contributed by atoms with Crippen LogP contribution in [0.5, 0.6) is 5.75 Å². The molecular weight excluding hydrogens is 511 g/mol. The van der Waals surface area contributed by atoms with Crippen molar-refractivity contribution in [1.82, 2.24) is 14.8 Å². The molecule has 2 heterocycles. The SMILES string of the molecule is CCn1c(COc2cccc(C(F)(F)F)c2)nnc1SCC(=O)Nc1sc2c(c1C#N)CCC(C)C2. The van der Waals surface area contributed by atoms with Crippen LogP contribution < -0.4 is 10.1 Å². The molecule has 3 aromatic rings. The Morgan fingerprint density at radius 3 is 2.92 bits per heavy atom. The van der Waals surface area contributed by atoms with E-state index in [0.29, 0.717) is 34.0 Å². The largest absolute Gasteiger partial charge is 0.486 e. The van der Waals surface area contributed by atoms with Crippen molar-refractivity contribution in [2.75, 3.05) is 11.1 Å². The number of hydrogen-bond acceptors (Lipinski definition) is 7. The van der Waals surface area contributed by atoms with E-state index in [1.807, 2.05) is 6.92 Å². The van der Waals surface area contributed by atoms with Crippen molar-refractivity contribution in [3.63, 3.8) is 0 Å². The van der Waals surface area contributed by atoms with E-state index in [9.17, 15) is 23.2 Å². The summed E-state index contributed by atoms with van der Waals surface area (Å²) in [6, 6.07) is 6.89. The normalized spacial score (nSPS) is 15.3. The summed E-state index contributed by atoms with van der Waals surface area (Å²) in [6.07, 6.45) is -1.65. The van der Waals surface area contributed by atoms with Gasteiger partial charge in [-0.05, 0) is 55.9 Å². The summed E-state index contributed by atoms with van der Waals surface area (Å²) in [5.74, 6) is 0.885. The lowest BCUT2D eigenvalue weighted by Gasteiger charge is -2.17. The molecule has 1 aliphatic carbocycles. The van der Waals surface area contributed by atoms with Gasteiger partial charge in [0.25, 0.3) is 0 Å². The molecule has 0 aliphatic heterocycles. The predicted molar refractivity (Wildman–Crippen MR) is 131 cm³/mol. The van der Waals surface area contributed by atoms with Gasteiger partial charge in [-0.3, -0.25) is 4.79 Å². The molecule has 0 bridgehead atoms. The molecule has 1 aliphatic rings. The van der Waals surface area contributed by atoms with Crippen LogP contribution in [0.15, 0.2) is 29.4 Å². The molecule has 7 nitrogen and oxygen atoms in total. The van der Waals surface area contributed by atoms with Gasteiger partial charge in [-0.15, -0.1) is 21.5 Å². The quantitative estimate of drug-likeness (QED) is 0.373. The van der Waals surface area contributed by atoms with Crippen molar-refractivity contribution < 1.29 is 22.7 Å². The number of aromatic nitrogens is 3. The highest BCUT2D eigenvalue weighted by Crippen LogP contribution is 2.39. The number of nitriles is 1. The number of anilines is 1. The number of hydrogen-bond donors (Lipinski definition) is 1. The minimum atomic E-state index is -4.46. The summed E-state index contributed by atoms with van der Waals surface area (Å²) in [7, 11) is 0. The Hall–Kier alpha value is -3.04. The molecule has 1 N–H and O–H groups in total. The first-order valence-electron chi connectivity index (χ1n) is 11.4. The van der Waals surface area contributed by atoms with E-state index < -0.39 is 11.7 Å². The summed E-state index contributed by atoms with van der Waals surface area (Å²) < 4.78 is 46.0. The van der Waals surface area contributed by atoms with Crippen LogP contribution in [0.3, 0.4) is 0 Å². The van der Waals surface area contributed by atoms with E-state index in [4.69, 9.17) is 4.74 Å². The maximum Gasteiger partial charge on any atom is 0.416 e. The van der Waals surface area contributed by atoms with Gasteiger partial charge < -0.3 is 14.6 Å². The second-order valence-electron chi connectivity index (χ2n) is 8.46. The molecule has 1 amide bonds. The van der Waals surface area contributed by atoms with Crippen LogP contribution in [0.1, 0.15) is 47.7 Å². The molecule has 0 fully saturated rings. The smallest absolute Gasteiger partial charge is 0.416 e. The number of amides is 1. The average Bonchev–Trinajstić information content (AvgIpc) is 3.40. The monoisotopic (exact) mass is 535 g/mol. The van der Waals surface area contributed by atoms with Crippen LogP contribution in [0.25, 0.3) is 0 Å². The first-order valence-corrected chi connectivity index (χ1v) is 13.2. The number of rotatable bonds is 8. The number of alkyl halides is 3. The van der Waals surface area contributed by atoms with Crippen molar-refractivity contribution in [3.8, 4) is 11.8 Å². The highest BCUT2D eigenvalue weighted by molar-refractivity contribution is 7.99. The van der Waals surface area contributed by atoms with Crippen molar-refractivity contribution in [1.29, 1.82) is 5.26 Å². The van der Waals surface area contributed by atoms with Crippen LogP contribution >= 0.6 is 23.1 Å². The highest BCUT2D eigenvalue weighted by atomic mass is 32.2. The van der Waals surface area contributed by atoms with Gasteiger partial charge in [0, 0.05) is 11.4 Å². The van der Waals surface area contributed by atoms with Crippen LogP contribution in [0, 0.1) is 17.2 Å². The molecule has 190 valence electrons. The van der Waals surface area contributed by atoms with Crippen LogP contribution in [-0.2, 0) is 37.0 Å². The molecule has 1 atom stereocenters. The number of nitrogens with zero attached hydrogens (tertiary/aromatic N) is 4. The molecular formula is C24H24F3N5O2S2. The maximum absolute atomic E-state index is 12.9. The molecule has 36 heavy (non-hydrogen) atoms. The molecule has 1 unspecified atom stereocenters. The second kappa shape index (κ2) is 10.9. The summed E-state index contributed by atoms with van der Waals surface area (Å²) >= 11 is 2.67. The molecule has 0 radical (unpaired) electrons. The van der Waals surface area contributed by atoms with Gasteiger partial charge in [-0.1, -0.05) is 24.8 Å². The van der Waals surface area contributed by atoms with Crippen molar-refractivity contribution in [2.45, 2.75) is 57.6 Å². The predicted octanol–water partition coefficient (Wildman–Crippen LogP) is 5.68. The Morgan fingerprint density at radius 2 is 2.19 bits per heavy atom. The number of fused-ring (bicyclic) bond motifs is 1.